The van der Waals surface area contributed by atoms with Gasteiger partial charge in [0.25, 0.3) is 0 Å². The van der Waals surface area contributed by atoms with E-state index in [0.29, 0.717) is 6.04 Å². The van der Waals surface area contributed by atoms with Crippen LogP contribution in [0.25, 0.3) is 0 Å². The Hall–Kier alpha value is -0.830. The van der Waals surface area contributed by atoms with E-state index in [9.17, 15) is 0 Å². The van der Waals surface area contributed by atoms with E-state index in [-0.39, 0.29) is 0 Å². The monoisotopic (exact) mass is 195 g/mol. The Balaban J connectivity index is 2.63. The largest absolute Gasteiger partial charge is 0.317 e. The van der Waals surface area contributed by atoms with E-state index in [2.05, 4.69) is 42.8 Å². The summed E-state index contributed by atoms with van der Waals surface area (Å²) in [5, 5.41) is 7.74. The molecule has 0 amide bonds. The number of nitrogens with one attached hydrogen (secondary N) is 1. The van der Waals surface area contributed by atoms with Gasteiger partial charge < -0.3 is 5.32 Å². The van der Waals surface area contributed by atoms with Crippen molar-refractivity contribution in [2.24, 2.45) is 0 Å². The van der Waals surface area contributed by atoms with Gasteiger partial charge in [0.15, 0.2) is 0 Å². The van der Waals surface area contributed by atoms with Gasteiger partial charge in [-0.2, -0.15) is 5.10 Å². The van der Waals surface area contributed by atoms with E-state index in [0.717, 1.165) is 18.7 Å². The second-order valence-corrected chi connectivity index (χ2v) is 4.00. The van der Waals surface area contributed by atoms with Crippen LogP contribution in [0.3, 0.4) is 0 Å². The molecule has 1 N–H and O–H groups in total. The van der Waals surface area contributed by atoms with Crippen LogP contribution >= 0.6 is 0 Å². The van der Waals surface area contributed by atoms with Gasteiger partial charge in [-0.3, -0.25) is 4.68 Å². The Labute approximate surface area is 86.5 Å². The molecular weight excluding hydrogens is 174 g/mol. The van der Waals surface area contributed by atoms with Crippen molar-refractivity contribution in [1.82, 2.24) is 15.1 Å². The third-order valence-electron chi connectivity index (χ3n) is 3.01. The van der Waals surface area contributed by atoms with Crippen molar-refractivity contribution in [1.29, 1.82) is 0 Å². The first kappa shape index (κ1) is 11.2. The van der Waals surface area contributed by atoms with Crippen molar-refractivity contribution in [2.75, 3.05) is 7.05 Å². The molecule has 0 aliphatic heterocycles. The van der Waals surface area contributed by atoms with Crippen molar-refractivity contribution in [3.63, 3.8) is 0 Å². The summed E-state index contributed by atoms with van der Waals surface area (Å²) in [4.78, 5) is 0. The molecule has 0 aromatic carbocycles. The summed E-state index contributed by atoms with van der Waals surface area (Å²) in [6.45, 7) is 9.54. The van der Waals surface area contributed by atoms with Gasteiger partial charge >= 0.3 is 0 Å². The molecule has 0 spiro atoms. The Morgan fingerprint density at radius 3 is 2.43 bits per heavy atom. The van der Waals surface area contributed by atoms with E-state index in [1.54, 1.807) is 0 Å². The fraction of sp³-hybridized carbons (Fsp3) is 0.727. The minimum atomic E-state index is 0.555. The van der Waals surface area contributed by atoms with Crippen molar-refractivity contribution < 1.29 is 0 Å². The Kier molecular flexibility index (Phi) is 3.69. The smallest absolute Gasteiger partial charge is 0.0625 e. The maximum absolute atomic E-state index is 4.50. The van der Waals surface area contributed by atoms with Gasteiger partial charge in [0.2, 0.25) is 0 Å². The van der Waals surface area contributed by atoms with E-state index in [1.807, 2.05) is 7.05 Å². The summed E-state index contributed by atoms with van der Waals surface area (Å²) in [5.41, 5.74) is 3.77. The second-order valence-electron chi connectivity index (χ2n) is 4.00. The minimum Gasteiger partial charge on any atom is -0.317 e. The highest BCUT2D eigenvalue weighted by molar-refractivity contribution is 5.21. The summed E-state index contributed by atoms with van der Waals surface area (Å²) >= 11 is 0. The van der Waals surface area contributed by atoms with Crippen molar-refractivity contribution in [3.8, 4) is 0 Å². The predicted molar refractivity (Wildman–Crippen MR) is 59.6 cm³/mol. The molecule has 1 atom stereocenters. The molecule has 1 aromatic heterocycles. The molecule has 0 saturated heterocycles. The zero-order chi connectivity index (χ0) is 10.7. The van der Waals surface area contributed by atoms with Gasteiger partial charge in [0, 0.05) is 18.3 Å². The number of rotatable bonds is 4. The Morgan fingerprint density at radius 2 is 2.00 bits per heavy atom. The third kappa shape index (κ3) is 2.35. The van der Waals surface area contributed by atoms with Crippen LogP contribution in [0.15, 0.2) is 0 Å². The average Bonchev–Trinajstić information content (AvgIpc) is 2.42. The first-order valence-electron chi connectivity index (χ1n) is 5.24. The normalized spacial score (nSPS) is 13.2. The lowest BCUT2D eigenvalue weighted by Crippen LogP contribution is -2.23. The minimum absolute atomic E-state index is 0.555. The van der Waals surface area contributed by atoms with Crippen LogP contribution in [0.4, 0.5) is 0 Å². The van der Waals surface area contributed by atoms with Crippen LogP contribution in [0.2, 0.25) is 0 Å². The van der Waals surface area contributed by atoms with Crippen molar-refractivity contribution in [3.05, 3.63) is 17.0 Å². The van der Waals surface area contributed by atoms with E-state index >= 15 is 0 Å². The number of aryl methyl sites for hydroxylation is 2. The van der Waals surface area contributed by atoms with Crippen molar-refractivity contribution in [2.45, 2.75) is 46.7 Å². The molecule has 1 aromatic rings. The van der Waals surface area contributed by atoms with Crippen LogP contribution in [0.1, 0.15) is 30.3 Å². The number of nitrogens with zero attached hydrogens (tertiary/aromatic N) is 2. The van der Waals surface area contributed by atoms with Crippen LogP contribution in [-0.2, 0) is 6.54 Å². The van der Waals surface area contributed by atoms with Crippen LogP contribution in [-0.4, -0.2) is 22.9 Å². The maximum atomic E-state index is 4.50. The predicted octanol–water partition coefficient (Wildman–Crippen LogP) is 1.81. The molecule has 0 aliphatic rings. The fourth-order valence-electron chi connectivity index (χ4n) is 1.46. The quantitative estimate of drug-likeness (QED) is 0.794. The molecule has 80 valence electrons. The average molecular weight is 195 g/mol. The second kappa shape index (κ2) is 4.60. The van der Waals surface area contributed by atoms with Crippen molar-refractivity contribution >= 4 is 0 Å². The molecule has 14 heavy (non-hydrogen) atoms. The molecule has 0 aliphatic carbocycles. The van der Waals surface area contributed by atoms with E-state index in [1.165, 1.54) is 11.3 Å². The van der Waals surface area contributed by atoms with Gasteiger partial charge in [-0.05, 0) is 46.7 Å². The lowest BCUT2D eigenvalue weighted by molar-refractivity contribution is 0.478. The summed E-state index contributed by atoms with van der Waals surface area (Å²) in [5.74, 6) is 0. The van der Waals surface area contributed by atoms with Crippen LogP contribution in [0, 0.1) is 20.8 Å². The fourth-order valence-corrected chi connectivity index (χ4v) is 1.46. The Bertz CT molecular complexity index is 302. The molecule has 0 fully saturated rings. The highest BCUT2D eigenvalue weighted by atomic mass is 15.3. The molecule has 1 heterocycles. The Morgan fingerprint density at radius 1 is 1.36 bits per heavy atom. The number of hydrogen-bond acceptors (Lipinski definition) is 2. The molecule has 3 heteroatoms. The lowest BCUT2D eigenvalue weighted by atomic mass is 10.2. The molecule has 0 radical (unpaired) electrons. The molecular formula is C11H21N3. The van der Waals surface area contributed by atoms with Gasteiger partial charge in [0.1, 0.15) is 0 Å². The molecule has 0 saturated carbocycles. The zero-order valence-corrected chi connectivity index (χ0v) is 9.89. The topological polar surface area (TPSA) is 29.9 Å². The molecule has 1 rings (SSSR count). The number of hydrogen-bond donors (Lipinski definition) is 1. The molecule has 3 nitrogen and oxygen atoms in total. The van der Waals surface area contributed by atoms with Gasteiger partial charge in [-0.25, -0.2) is 0 Å². The first-order chi connectivity index (χ1) is 6.56. The summed E-state index contributed by atoms with van der Waals surface area (Å²) in [7, 11) is 2.00. The highest BCUT2D eigenvalue weighted by Gasteiger charge is 2.07. The number of aromatic nitrogens is 2. The maximum Gasteiger partial charge on any atom is 0.0625 e. The van der Waals surface area contributed by atoms with E-state index < -0.39 is 0 Å². The SMILES string of the molecule is CNC(C)CCn1nc(C)c(C)c1C. The standard InChI is InChI=1S/C11H21N3/c1-8(12-5)6-7-14-11(4)9(2)10(3)13-14/h8,12H,6-7H2,1-5H3. The summed E-state index contributed by atoms with van der Waals surface area (Å²) in [6, 6.07) is 0.555. The highest BCUT2D eigenvalue weighted by Crippen LogP contribution is 2.11. The zero-order valence-electron chi connectivity index (χ0n) is 9.89. The summed E-state index contributed by atoms with van der Waals surface area (Å²) < 4.78 is 2.11. The molecule has 0 bridgehead atoms. The first-order valence-corrected chi connectivity index (χ1v) is 5.24. The lowest BCUT2D eigenvalue weighted by Gasteiger charge is -2.10. The van der Waals surface area contributed by atoms with Crippen LogP contribution < -0.4 is 5.32 Å². The summed E-state index contributed by atoms with van der Waals surface area (Å²) in [6.07, 6.45) is 1.12. The van der Waals surface area contributed by atoms with Crippen LogP contribution in [0.5, 0.6) is 0 Å². The van der Waals surface area contributed by atoms with E-state index in [4.69, 9.17) is 0 Å². The van der Waals surface area contributed by atoms with Gasteiger partial charge in [0.05, 0.1) is 5.69 Å². The third-order valence-corrected chi connectivity index (χ3v) is 3.01. The van der Waals surface area contributed by atoms with Gasteiger partial charge in [-0.1, -0.05) is 0 Å². The van der Waals surface area contributed by atoms with Gasteiger partial charge in [-0.15, -0.1) is 0 Å². The molecule has 1 unspecified atom stereocenters.